The van der Waals surface area contributed by atoms with Crippen molar-refractivity contribution in [3.8, 4) is 9.88 Å². The molecule has 2 aromatic heterocycles. The SMILES string of the molecule is CCc1nc(C2CC2)sc1-c1nnc(NCCOC)s1. The number of aromatic nitrogens is 3. The summed E-state index contributed by atoms with van der Waals surface area (Å²) in [6.45, 7) is 3.57. The summed E-state index contributed by atoms with van der Waals surface area (Å²) in [5.41, 5.74) is 1.16. The maximum absolute atomic E-state index is 5.01. The largest absolute Gasteiger partial charge is 0.383 e. The van der Waals surface area contributed by atoms with Gasteiger partial charge in [0.2, 0.25) is 5.13 Å². The lowest BCUT2D eigenvalue weighted by molar-refractivity contribution is 0.211. The van der Waals surface area contributed by atoms with Gasteiger partial charge in [0.05, 0.1) is 22.2 Å². The molecule has 0 atom stereocenters. The molecule has 1 aliphatic carbocycles. The molecule has 1 aliphatic rings. The second-order valence-corrected chi connectivity index (χ2v) is 6.80. The first-order chi connectivity index (χ1) is 9.81. The van der Waals surface area contributed by atoms with E-state index in [2.05, 4.69) is 22.4 Å². The van der Waals surface area contributed by atoms with Crippen LogP contribution in [0.4, 0.5) is 5.13 Å². The third kappa shape index (κ3) is 2.99. The van der Waals surface area contributed by atoms with Gasteiger partial charge in [-0.1, -0.05) is 18.3 Å². The molecule has 0 bridgehead atoms. The number of thiazole rings is 1. The van der Waals surface area contributed by atoms with E-state index in [-0.39, 0.29) is 0 Å². The number of nitrogens with zero attached hydrogens (tertiary/aromatic N) is 3. The number of methoxy groups -OCH3 is 1. The first-order valence-corrected chi connectivity index (χ1v) is 8.51. The van der Waals surface area contributed by atoms with Crippen LogP contribution >= 0.6 is 22.7 Å². The zero-order valence-corrected chi connectivity index (χ0v) is 13.3. The van der Waals surface area contributed by atoms with E-state index in [1.165, 1.54) is 22.7 Å². The molecule has 2 aromatic rings. The summed E-state index contributed by atoms with van der Waals surface area (Å²) >= 11 is 3.39. The van der Waals surface area contributed by atoms with Gasteiger partial charge in [0.15, 0.2) is 5.01 Å². The summed E-state index contributed by atoms with van der Waals surface area (Å²) < 4.78 is 5.01. The smallest absolute Gasteiger partial charge is 0.206 e. The number of hydrogen-bond donors (Lipinski definition) is 1. The average Bonchev–Trinajstić information content (AvgIpc) is 3.05. The van der Waals surface area contributed by atoms with Crippen LogP contribution in [0.2, 0.25) is 0 Å². The van der Waals surface area contributed by atoms with Gasteiger partial charge >= 0.3 is 0 Å². The van der Waals surface area contributed by atoms with Gasteiger partial charge in [-0.25, -0.2) is 4.98 Å². The van der Waals surface area contributed by atoms with Gasteiger partial charge in [-0.05, 0) is 19.3 Å². The molecule has 5 nitrogen and oxygen atoms in total. The van der Waals surface area contributed by atoms with Gasteiger partial charge in [0.25, 0.3) is 0 Å². The van der Waals surface area contributed by atoms with Crippen LogP contribution in [-0.2, 0) is 11.2 Å². The highest BCUT2D eigenvalue weighted by molar-refractivity contribution is 7.23. The lowest BCUT2D eigenvalue weighted by atomic mass is 10.3. The summed E-state index contributed by atoms with van der Waals surface area (Å²) in [5.74, 6) is 0.700. The number of nitrogens with one attached hydrogen (secondary N) is 1. The monoisotopic (exact) mass is 310 g/mol. The molecule has 2 heterocycles. The summed E-state index contributed by atoms with van der Waals surface area (Å²) in [7, 11) is 1.69. The minimum Gasteiger partial charge on any atom is -0.383 e. The van der Waals surface area contributed by atoms with E-state index in [9.17, 15) is 0 Å². The number of rotatable bonds is 7. The second kappa shape index (κ2) is 6.15. The van der Waals surface area contributed by atoms with Crippen molar-refractivity contribution < 1.29 is 4.74 Å². The molecule has 0 unspecified atom stereocenters. The quantitative estimate of drug-likeness (QED) is 0.796. The highest BCUT2D eigenvalue weighted by Gasteiger charge is 2.29. The predicted molar refractivity (Wildman–Crippen MR) is 82.7 cm³/mol. The Bertz CT molecular complexity index is 577. The highest BCUT2D eigenvalue weighted by atomic mass is 32.1. The Morgan fingerprint density at radius 3 is 2.85 bits per heavy atom. The minimum absolute atomic E-state index is 0.668. The van der Waals surface area contributed by atoms with Crippen molar-refractivity contribution in [3.05, 3.63) is 10.7 Å². The summed E-state index contributed by atoms with van der Waals surface area (Å²) in [4.78, 5) is 5.97. The van der Waals surface area contributed by atoms with Crippen LogP contribution in [0.5, 0.6) is 0 Å². The van der Waals surface area contributed by atoms with Gasteiger partial charge in [-0.15, -0.1) is 21.5 Å². The molecular formula is C13H18N4OS2. The van der Waals surface area contributed by atoms with E-state index in [0.717, 1.165) is 28.8 Å². The van der Waals surface area contributed by atoms with Gasteiger partial charge in [0.1, 0.15) is 0 Å². The van der Waals surface area contributed by atoms with Gasteiger partial charge in [-0.3, -0.25) is 0 Å². The lowest BCUT2D eigenvalue weighted by Crippen LogP contribution is -2.06. The standard InChI is InChI=1S/C13H18N4OS2/c1-3-9-10(19-11(15-9)8-4-5-8)12-16-17-13(20-12)14-6-7-18-2/h8H,3-7H2,1-2H3,(H,14,17). The lowest BCUT2D eigenvalue weighted by Gasteiger charge is -1.98. The van der Waals surface area contributed by atoms with E-state index in [1.54, 1.807) is 29.8 Å². The first kappa shape index (κ1) is 13.9. The molecule has 0 spiro atoms. The van der Waals surface area contributed by atoms with Crippen LogP contribution in [-0.4, -0.2) is 35.4 Å². The molecule has 1 N–H and O–H groups in total. The molecule has 1 fully saturated rings. The van der Waals surface area contributed by atoms with Crippen molar-refractivity contribution in [1.29, 1.82) is 0 Å². The summed E-state index contributed by atoms with van der Waals surface area (Å²) in [6, 6.07) is 0. The van der Waals surface area contributed by atoms with Gasteiger partial charge < -0.3 is 10.1 Å². The van der Waals surface area contributed by atoms with Crippen LogP contribution in [0, 0.1) is 0 Å². The Morgan fingerprint density at radius 1 is 1.30 bits per heavy atom. The third-order valence-electron chi connectivity index (χ3n) is 3.18. The zero-order valence-electron chi connectivity index (χ0n) is 11.7. The molecule has 0 aliphatic heterocycles. The van der Waals surface area contributed by atoms with Crippen molar-refractivity contribution in [1.82, 2.24) is 15.2 Å². The van der Waals surface area contributed by atoms with Crippen molar-refractivity contribution in [2.45, 2.75) is 32.1 Å². The molecule has 0 aromatic carbocycles. The van der Waals surface area contributed by atoms with Crippen LogP contribution in [0.25, 0.3) is 9.88 Å². The average molecular weight is 310 g/mol. The second-order valence-electron chi connectivity index (χ2n) is 4.79. The Morgan fingerprint density at radius 2 is 2.15 bits per heavy atom. The molecular weight excluding hydrogens is 292 g/mol. The Labute approximate surface area is 126 Å². The predicted octanol–water partition coefficient (Wildman–Crippen LogP) is 3.16. The van der Waals surface area contributed by atoms with Crippen molar-refractivity contribution in [2.24, 2.45) is 0 Å². The first-order valence-electron chi connectivity index (χ1n) is 6.88. The number of anilines is 1. The summed E-state index contributed by atoms with van der Waals surface area (Å²) in [6.07, 6.45) is 3.52. The van der Waals surface area contributed by atoms with Gasteiger partial charge in [-0.2, -0.15) is 0 Å². The Hall–Kier alpha value is -1.05. The fourth-order valence-corrected chi connectivity index (χ4v) is 4.11. The molecule has 0 saturated heterocycles. The minimum atomic E-state index is 0.668. The molecule has 1 saturated carbocycles. The highest BCUT2D eigenvalue weighted by Crippen LogP contribution is 2.45. The fourth-order valence-electron chi connectivity index (χ4n) is 1.93. The number of ether oxygens (including phenoxy) is 1. The maximum Gasteiger partial charge on any atom is 0.206 e. The molecule has 0 radical (unpaired) electrons. The molecule has 7 heteroatoms. The van der Waals surface area contributed by atoms with E-state index >= 15 is 0 Å². The van der Waals surface area contributed by atoms with Crippen LogP contribution in [0.1, 0.15) is 36.4 Å². The number of hydrogen-bond acceptors (Lipinski definition) is 7. The van der Waals surface area contributed by atoms with E-state index in [4.69, 9.17) is 9.72 Å². The maximum atomic E-state index is 5.01. The van der Waals surface area contributed by atoms with E-state index < -0.39 is 0 Å². The van der Waals surface area contributed by atoms with Gasteiger partial charge in [0, 0.05) is 19.6 Å². The zero-order chi connectivity index (χ0) is 13.9. The Kier molecular flexibility index (Phi) is 4.28. The fraction of sp³-hybridized carbons (Fsp3) is 0.615. The molecule has 108 valence electrons. The van der Waals surface area contributed by atoms with Crippen LogP contribution < -0.4 is 5.32 Å². The van der Waals surface area contributed by atoms with Crippen molar-refractivity contribution in [2.75, 3.05) is 25.6 Å². The normalized spacial score (nSPS) is 14.7. The number of aryl methyl sites for hydroxylation is 1. The van der Waals surface area contributed by atoms with Crippen LogP contribution in [0.3, 0.4) is 0 Å². The molecule has 3 rings (SSSR count). The van der Waals surface area contributed by atoms with E-state index in [0.29, 0.717) is 12.5 Å². The Balaban J connectivity index is 1.77. The third-order valence-corrected chi connectivity index (χ3v) is 5.47. The van der Waals surface area contributed by atoms with Crippen molar-refractivity contribution >= 4 is 27.8 Å². The van der Waals surface area contributed by atoms with E-state index in [1.807, 2.05) is 0 Å². The van der Waals surface area contributed by atoms with Crippen LogP contribution in [0.15, 0.2) is 0 Å². The molecule has 0 amide bonds. The molecule has 20 heavy (non-hydrogen) atoms. The topological polar surface area (TPSA) is 59.9 Å². The van der Waals surface area contributed by atoms with Crippen molar-refractivity contribution in [3.63, 3.8) is 0 Å². The summed E-state index contributed by atoms with van der Waals surface area (Å²) in [5, 5.41) is 14.8.